The Morgan fingerprint density at radius 1 is 1.32 bits per heavy atom. The fraction of sp³-hybridized carbons (Fsp3) is 0.389. The number of amides is 1. The molecule has 0 saturated heterocycles. The fourth-order valence-corrected chi connectivity index (χ4v) is 2.41. The molecule has 0 aliphatic rings. The molecule has 28 heavy (non-hydrogen) atoms. The molecule has 0 radical (unpaired) electrons. The third-order valence-corrected chi connectivity index (χ3v) is 4.18. The number of rotatable bonds is 8. The van der Waals surface area contributed by atoms with E-state index in [1.807, 2.05) is 13.8 Å². The summed E-state index contributed by atoms with van der Waals surface area (Å²) in [6.45, 7) is 5.44. The summed E-state index contributed by atoms with van der Waals surface area (Å²) in [5.41, 5.74) is -0.427. The van der Waals surface area contributed by atoms with Crippen molar-refractivity contribution in [3.8, 4) is 5.75 Å². The van der Waals surface area contributed by atoms with Crippen LogP contribution >= 0.6 is 0 Å². The summed E-state index contributed by atoms with van der Waals surface area (Å²) >= 11 is 0. The molecule has 10 heteroatoms. The number of nitro benzene ring substituents is 1. The molecular formula is C18H22N4O6. The first-order valence-electron chi connectivity index (χ1n) is 8.66. The molecule has 0 unspecified atom stereocenters. The van der Waals surface area contributed by atoms with Crippen molar-refractivity contribution in [1.29, 1.82) is 0 Å². The van der Waals surface area contributed by atoms with Gasteiger partial charge in [0.25, 0.3) is 5.91 Å². The molecule has 2 rings (SSSR count). The Hall–Kier alpha value is -3.43. The van der Waals surface area contributed by atoms with Crippen LogP contribution in [0.4, 0.5) is 11.5 Å². The molecule has 1 N–H and O–H groups in total. The van der Waals surface area contributed by atoms with Gasteiger partial charge in [0, 0.05) is 12.1 Å². The van der Waals surface area contributed by atoms with Gasteiger partial charge in [-0.3, -0.25) is 14.9 Å². The van der Waals surface area contributed by atoms with Crippen molar-refractivity contribution in [3.05, 3.63) is 46.1 Å². The highest BCUT2D eigenvalue weighted by Crippen LogP contribution is 2.29. The molecule has 0 fully saturated rings. The number of nitrogens with zero attached hydrogens (tertiary/aromatic N) is 3. The van der Waals surface area contributed by atoms with Crippen LogP contribution < -0.4 is 10.1 Å². The molecule has 0 bridgehead atoms. The molecule has 1 amide bonds. The number of ether oxygens (including phenoxy) is 2. The van der Waals surface area contributed by atoms with E-state index in [1.165, 1.54) is 26.2 Å². The lowest BCUT2D eigenvalue weighted by atomic mass is 10.2. The number of carbonyl (C=O) groups is 2. The van der Waals surface area contributed by atoms with Gasteiger partial charge in [-0.2, -0.15) is 5.10 Å². The monoisotopic (exact) mass is 390 g/mol. The maximum atomic E-state index is 12.5. The van der Waals surface area contributed by atoms with E-state index in [4.69, 9.17) is 4.74 Å². The summed E-state index contributed by atoms with van der Waals surface area (Å²) in [5.74, 6) is -0.823. The lowest BCUT2D eigenvalue weighted by Gasteiger charge is -2.17. The van der Waals surface area contributed by atoms with E-state index >= 15 is 0 Å². The van der Waals surface area contributed by atoms with E-state index in [2.05, 4.69) is 15.2 Å². The Morgan fingerprint density at radius 3 is 2.64 bits per heavy atom. The first-order valence-corrected chi connectivity index (χ1v) is 8.66. The highest BCUT2D eigenvalue weighted by atomic mass is 16.6. The number of nitrogens with one attached hydrogen (secondary N) is 1. The van der Waals surface area contributed by atoms with E-state index in [0.29, 0.717) is 5.82 Å². The summed E-state index contributed by atoms with van der Waals surface area (Å²) in [6.07, 6.45) is 1.38. The Labute approximate surface area is 161 Å². The van der Waals surface area contributed by atoms with Gasteiger partial charge in [-0.25, -0.2) is 9.48 Å². The van der Waals surface area contributed by atoms with E-state index < -0.39 is 28.6 Å². The average Bonchev–Trinajstić information content (AvgIpc) is 3.14. The van der Waals surface area contributed by atoms with Crippen LogP contribution in [0.1, 0.15) is 43.6 Å². The number of hydrogen-bond donors (Lipinski definition) is 1. The number of esters is 1. The van der Waals surface area contributed by atoms with Crippen LogP contribution in [0.2, 0.25) is 0 Å². The predicted molar refractivity (Wildman–Crippen MR) is 100 cm³/mol. The van der Waals surface area contributed by atoms with Crippen molar-refractivity contribution >= 4 is 23.4 Å². The van der Waals surface area contributed by atoms with Crippen LogP contribution in [0.25, 0.3) is 0 Å². The lowest BCUT2D eigenvalue weighted by Crippen LogP contribution is -2.31. The summed E-state index contributed by atoms with van der Waals surface area (Å²) in [5, 5.41) is 18.2. The molecule has 0 aliphatic heterocycles. The van der Waals surface area contributed by atoms with Crippen LogP contribution in [0, 0.1) is 10.1 Å². The van der Waals surface area contributed by atoms with Crippen LogP contribution in [0.15, 0.2) is 30.5 Å². The smallest absolute Gasteiger partial charge is 0.338 e. The Morgan fingerprint density at radius 2 is 2.04 bits per heavy atom. The van der Waals surface area contributed by atoms with Crippen molar-refractivity contribution in [2.24, 2.45) is 0 Å². The van der Waals surface area contributed by atoms with E-state index in [0.717, 1.165) is 12.5 Å². The summed E-state index contributed by atoms with van der Waals surface area (Å²) in [7, 11) is 1.18. The Kier molecular flexibility index (Phi) is 6.69. The van der Waals surface area contributed by atoms with Crippen molar-refractivity contribution in [2.45, 2.75) is 39.3 Å². The molecule has 0 spiro atoms. The van der Waals surface area contributed by atoms with Gasteiger partial charge in [-0.15, -0.1) is 0 Å². The molecule has 1 aromatic heterocycles. The molecule has 2 atom stereocenters. The van der Waals surface area contributed by atoms with Crippen LogP contribution in [-0.4, -0.2) is 39.8 Å². The summed E-state index contributed by atoms with van der Waals surface area (Å²) in [6, 6.07) is 5.39. The van der Waals surface area contributed by atoms with Crippen molar-refractivity contribution < 1.29 is 24.0 Å². The summed E-state index contributed by atoms with van der Waals surface area (Å²) in [4.78, 5) is 34.6. The van der Waals surface area contributed by atoms with Crippen molar-refractivity contribution in [3.63, 3.8) is 0 Å². The number of anilines is 1. The topological polar surface area (TPSA) is 126 Å². The maximum absolute atomic E-state index is 12.5. The molecule has 0 aliphatic carbocycles. The molecule has 10 nitrogen and oxygen atoms in total. The minimum Gasteiger partial charge on any atom is -0.474 e. The minimum absolute atomic E-state index is 0.0103. The van der Waals surface area contributed by atoms with Gasteiger partial charge in [0.05, 0.1) is 29.8 Å². The Balaban J connectivity index is 2.17. The van der Waals surface area contributed by atoms with Gasteiger partial charge >= 0.3 is 11.7 Å². The third kappa shape index (κ3) is 4.64. The zero-order chi connectivity index (χ0) is 20.8. The number of benzene rings is 1. The van der Waals surface area contributed by atoms with Gasteiger partial charge in [-0.05, 0) is 32.4 Å². The van der Waals surface area contributed by atoms with Gasteiger partial charge in [0.15, 0.2) is 11.9 Å². The molecule has 0 saturated carbocycles. The normalized spacial score (nSPS) is 12.7. The van der Waals surface area contributed by atoms with Crippen LogP contribution in [-0.2, 0) is 9.53 Å². The largest absolute Gasteiger partial charge is 0.474 e. The van der Waals surface area contributed by atoms with E-state index in [-0.39, 0.29) is 17.4 Å². The fourth-order valence-electron chi connectivity index (χ4n) is 2.41. The van der Waals surface area contributed by atoms with E-state index in [9.17, 15) is 19.7 Å². The number of aromatic nitrogens is 2. The average molecular weight is 390 g/mol. The number of methoxy groups -OCH3 is 1. The highest BCUT2D eigenvalue weighted by molar-refractivity contribution is 5.93. The zero-order valence-electron chi connectivity index (χ0n) is 16.0. The zero-order valence-corrected chi connectivity index (χ0v) is 16.0. The molecule has 1 aromatic carbocycles. The first kappa shape index (κ1) is 20.9. The van der Waals surface area contributed by atoms with Crippen LogP contribution in [0.5, 0.6) is 5.75 Å². The standard InChI is InChI=1S/C18H22N4O6/c1-5-11(2)21-16(8-9-19-21)20-17(23)12(3)28-15-7-6-13(18(24)27-4)10-14(15)22(25)26/h6-12H,5H2,1-4H3,(H,20,23)/t11-,12-/m1/s1. The molecular weight excluding hydrogens is 368 g/mol. The number of nitro groups is 1. The first-order chi connectivity index (χ1) is 13.3. The molecule has 1 heterocycles. The Bertz CT molecular complexity index is 879. The van der Waals surface area contributed by atoms with Gasteiger partial charge in [0.2, 0.25) is 0 Å². The SMILES string of the molecule is CC[C@@H](C)n1nccc1NC(=O)[C@@H](C)Oc1ccc(C(=O)OC)cc1[N+](=O)[O-]. The van der Waals surface area contributed by atoms with Gasteiger partial charge in [-0.1, -0.05) is 6.92 Å². The molecule has 150 valence electrons. The van der Waals surface area contributed by atoms with Crippen molar-refractivity contribution in [2.75, 3.05) is 12.4 Å². The quantitative estimate of drug-likeness (QED) is 0.417. The van der Waals surface area contributed by atoms with Crippen LogP contribution in [0.3, 0.4) is 0 Å². The van der Waals surface area contributed by atoms with Crippen molar-refractivity contribution in [1.82, 2.24) is 9.78 Å². The van der Waals surface area contributed by atoms with Gasteiger partial charge < -0.3 is 14.8 Å². The predicted octanol–water partition coefficient (Wildman–Crippen LogP) is 2.95. The second-order valence-corrected chi connectivity index (χ2v) is 6.10. The second kappa shape index (κ2) is 8.98. The van der Waals surface area contributed by atoms with Gasteiger partial charge in [0.1, 0.15) is 5.82 Å². The lowest BCUT2D eigenvalue weighted by molar-refractivity contribution is -0.386. The molecule has 2 aromatic rings. The number of hydrogen-bond acceptors (Lipinski definition) is 7. The third-order valence-electron chi connectivity index (χ3n) is 4.18. The summed E-state index contributed by atoms with van der Waals surface area (Å²) < 4.78 is 11.7. The minimum atomic E-state index is -1.03. The maximum Gasteiger partial charge on any atom is 0.338 e. The highest BCUT2D eigenvalue weighted by Gasteiger charge is 2.24. The second-order valence-electron chi connectivity index (χ2n) is 6.10. The number of carbonyl (C=O) groups excluding carboxylic acids is 2. The van der Waals surface area contributed by atoms with E-state index in [1.54, 1.807) is 16.9 Å².